The van der Waals surface area contributed by atoms with Gasteiger partial charge < -0.3 is 0 Å². The summed E-state index contributed by atoms with van der Waals surface area (Å²) in [6, 6.07) is 0. The van der Waals surface area contributed by atoms with E-state index in [1.165, 1.54) is 5.57 Å². The minimum atomic E-state index is -0.137. The van der Waals surface area contributed by atoms with E-state index in [4.69, 9.17) is 11.6 Å². The lowest BCUT2D eigenvalue weighted by atomic mass is 9.82. The fraction of sp³-hybridized carbons (Fsp3) is 0.700. The maximum absolute atomic E-state index is 11.1. The molecule has 2 aliphatic carbocycles. The summed E-state index contributed by atoms with van der Waals surface area (Å²) in [4.78, 5) is 11.1. The van der Waals surface area contributed by atoms with Crippen LogP contribution in [0.1, 0.15) is 20.3 Å². The van der Waals surface area contributed by atoms with Gasteiger partial charge in [-0.05, 0) is 42.7 Å². The van der Waals surface area contributed by atoms with Gasteiger partial charge in [0.05, 0.1) is 0 Å². The van der Waals surface area contributed by atoms with Crippen molar-refractivity contribution in [1.29, 1.82) is 0 Å². The monoisotopic (exact) mass is 184 g/mol. The Morgan fingerprint density at radius 2 is 2.33 bits per heavy atom. The molecule has 4 atom stereocenters. The van der Waals surface area contributed by atoms with Crippen LogP contribution in [-0.4, -0.2) is 5.24 Å². The van der Waals surface area contributed by atoms with Gasteiger partial charge in [-0.2, -0.15) is 0 Å². The number of fused-ring (bicyclic) bond motifs is 2. The molecule has 0 spiro atoms. The molecule has 0 N–H and O–H groups in total. The predicted molar refractivity (Wildman–Crippen MR) is 48.9 cm³/mol. The van der Waals surface area contributed by atoms with E-state index in [2.05, 4.69) is 19.9 Å². The van der Waals surface area contributed by atoms with Crippen LogP contribution in [0.3, 0.4) is 0 Å². The molecule has 2 rings (SSSR count). The second-order valence-corrected chi connectivity index (χ2v) is 4.48. The number of carbonyl (C=O) groups is 1. The first-order valence-electron chi connectivity index (χ1n) is 4.49. The van der Waals surface area contributed by atoms with Gasteiger partial charge in [-0.1, -0.05) is 18.6 Å². The Balaban J connectivity index is 2.29. The lowest BCUT2D eigenvalue weighted by Crippen LogP contribution is -2.24. The first-order chi connectivity index (χ1) is 5.61. The zero-order valence-electron chi connectivity index (χ0n) is 7.38. The third-order valence-electron chi connectivity index (χ3n) is 3.53. The number of halogens is 1. The SMILES string of the molecule is CC1=C[C@@H]2C[C@H]1[C@H](C(=O)Cl)[C@H]2C. The molecule has 0 aromatic rings. The van der Waals surface area contributed by atoms with Crippen molar-refractivity contribution in [3.8, 4) is 0 Å². The Morgan fingerprint density at radius 1 is 1.67 bits per heavy atom. The van der Waals surface area contributed by atoms with Crippen molar-refractivity contribution in [1.82, 2.24) is 0 Å². The van der Waals surface area contributed by atoms with Gasteiger partial charge in [0.1, 0.15) is 0 Å². The van der Waals surface area contributed by atoms with Gasteiger partial charge >= 0.3 is 0 Å². The van der Waals surface area contributed by atoms with E-state index >= 15 is 0 Å². The molecule has 2 heteroatoms. The minimum absolute atomic E-state index is 0.0988. The van der Waals surface area contributed by atoms with E-state index in [1.54, 1.807) is 0 Å². The molecule has 0 unspecified atom stereocenters. The van der Waals surface area contributed by atoms with E-state index in [0.717, 1.165) is 6.42 Å². The number of hydrogen-bond acceptors (Lipinski definition) is 1. The predicted octanol–water partition coefficient (Wildman–Crippen LogP) is 2.60. The molecule has 0 amide bonds. The average Bonchev–Trinajstić information content (AvgIpc) is 2.44. The molecular formula is C10H13ClO. The van der Waals surface area contributed by atoms with Crippen molar-refractivity contribution in [3.63, 3.8) is 0 Å². The summed E-state index contributed by atoms with van der Waals surface area (Å²) in [6.45, 7) is 4.25. The Bertz CT molecular complexity index is 257. The third-order valence-corrected chi connectivity index (χ3v) is 3.78. The van der Waals surface area contributed by atoms with Gasteiger partial charge in [0.15, 0.2) is 0 Å². The highest BCUT2D eigenvalue weighted by Crippen LogP contribution is 2.51. The molecule has 0 aromatic carbocycles. The maximum Gasteiger partial charge on any atom is 0.225 e. The summed E-state index contributed by atoms with van der Waals surface area (Å²) in [5, 5.41) is -0.137. The molecule has 0 heterocycles. The van der Waals surface area contributed by atoms with Crippen LogP contribution < -0.4 is 0 Å². The van der Waals surface area contributed by atoms with Crippen LogP contribution in [0.25, 0.3) is 0 Å². The highest BCUT2D eigenvalue weighted by Gasteiger charge is 2.47. The van der Waals surface area contributed by atoms with Crippen LogP contribution >= 0.6 is 11.6 Å². The minimum Gasteiger partial charge on any atom is -0.281 e. The molecule has 2 bridgehead atoms. The zero-order chi connectivity index (χ0) is 8.88. The number of hydrogen-bond donors (Lipinski definition) is 0. The Kier molecular flexibility index (Phi) is 1.80. The Morgan fingerprint density at radius 3 is 2.75 bits per heavy atom. The molecule has 0 saturated heterocycles. The Hall–Kier alpha value is -0.300. The van der Waals surface area contributed by atoms with Crippen molar-refractivity contribution in [3.05, 3.63) is 11.6 Å². The smallest absolute Gasteiger partial charge is 0.225 e. The van der Waals surface area contributed by atoms with Crippen molar-refractivity contribution in [2.24, 2.45) is 23.7 Å². The van der Waals surface area contributed by atoms with Gasteiger partial charge in [-0.3, -0.25) is 4.79 Å². The average molecular weight is 185 g/mol. The first kappa shape index (κ1) is 8.31. The molecule has 1 nitrogen and oxygen atoms in total. The summed E-state index contributed by atoms with van der Waals surface area (Å²) in [5.41, 5.74) is 1.37. The normalized spacial score (nSPS) is 44.8. The first-order valence-corrected chi connectivity index (χ1v) is 4.86. The van der Waals surface area contributed by atoms with Crippen LogP contribution in [0.4, 0.5) is 0 Å². The molecule has 0 aliphatic heterocycles. The van der Waals surface area contributed by atoms with Crippen LogP contribution in [0.2, 0.25) is 0 Å². The lowest BCUT2D eigenvalue weighted by molar-refractivity contribution is -0.117. The van der Waals surface area contributed by atoms with Gasteiger partial charge in [0, 0.05) is 5.92 Å². The van der Waals surface area contributed by atoms with Crippen LogP contribution in [0.15, 0.2) is 11.6 Å². The van der Waals surface area contributed by atoms with Crippen LogP contribution in [-0.2, 0) is 4.79 Å². The molecule has 0 aromatic heterocycles. The Labute approximate surface area is 77.8 Å². The van der Waals surface area contributed by atoms with Gasteiger partial charge in [0.25, 0.3) is 0 Å². The summed E-state index contributed by atoms with van der Waals surface area (Å²) < 4.78 is 0. The number of carbonyl (C=O) groups excluding carboxylic acids is 1. The fourth-order valence-electron chi connectivity index (χ4n) is 2.80. The zero-order valence-corrected chi connectivity index (χ0v) is 8.14. The molecule has 12 heavy (non-hydrogen) atoms. The highest BCUT2D eigenvalue weighted by molar-refractivity contribution is 6.64. The van der Waals surface area contributed by atoms with Crippen LogP contribution in [0.5, 0.6) is 0 Å². The molecule has 1 saturated carbocycles. The molecule has 0 radical (unpaired) electrons. The fourth-order valence-corrected chi connectivity index (χ4v) is 3.15. The molecule has 1 fully saturated rings. The van der Waals surface area contributed by atoms with E-state index in [9.17, 15) is 4.79 Å². The third kappa shape index (κ3) is 0.957. The van der Waals surface area contributed by atoms with Gasteiger partial charge in [0.2, 0.25) is 5.24 Å². The van der Waals surface area contributed by atoms with Crippen molar-refractivity contribution in [2.45, 2.75) is 20.3 Å². The second kappa shape index (κ2) is 2.59. The van der Waals surface area contributed by atoms with E-state index in [1.807, 2.05) is 0 Å². The largest absolute Gasteiger partial charge is 0.281 e. The lowest BCUT2D eigenvalue weighted by Gasteiger charge is -2.23. The number of allylic oxidation sites excluding steroid dienone is 2. The van der Waals surface area contributed by atoms with E-state index in [0.29, 0.717) is 17.8 Å². The molecular weight excluding hydrogens is 172 g/mol. The standard InChI is InChI=1S/C10H13ClO/c1-5-3-7-4-8(5)9(6(7)2)10(11)12/h3,6-9H,4H2,1-2H3/t6-,7+,8+,9+/m0/s1. The van der Waals surface area contributed by atoms with E-state index in [-0.39, 0.29) is 11.2 Å². The maximum atomic E-state index is 11.1. The summed E-state index contributed by atoms with van der Waals surface area (Å²) in [7, 11) is 0. The van der Waals surface area contributed by atoms with Gasteiger partial charge in [-0.15, -0.1) is 0 Å². The highest BCUT2D eigenvalue weighted by atomic mass is 35.5. The summed E-state index contributed by atoms with van der Waals surface area (Å²) >= 11 is 5.57. The van der Waals surface area contributed by atoms with E-state index < -0.39 is 0 Å². The van der Waals surface area contributed by atoms with Crippen molar-refractivity contribution < 1.29 is 4.79 Å². The summed E-state index contributed by atoms with van der Waals surface area (Å²) in [5.74, 6) is 1.63. The quantitative estimate of drug-likeness (QED) is 0.452. The van der Waals surface area contributed by atoms with Crippen LogP contribution in [0, 0.1) is 23.7 Å². The topological polar surface area (TPSA) is 17.1 Å². The molecule has 2 aliphatic rings. The molecule has 66 valence electrons. The number of rotatable bonds is 1. The van der Waals surface area contributed by atoms with Crippen molar-refractivity contribution >= 4 is 16.8 Å². The van der Waals surface area contributed by atoms with Crippen molar-refractivity contribution in [2.75, 3.05) is 0 Å². The second-order valence-electron chi connectivity index (χ2n) is 4.11. The van der Waals surface area contributed by atoms with Gasteiger partial charge in [-0.25, -0.2) is 0 Å². The summed E-state index contributed by atoms with van der Waals surface area (Å²) in [6.07, 6.45) is 3.46.